The SMILES string of the molecule is C1CC(C2CCCCC(C3CC(C4C(C5CCC5)C5C4C4C6C7CCC7C6C54)C3)C2C2CCC2)C1. The quantitative estimate of drug-likeness (QED) is 0.277. The molecule has 0 saturated heterocycles. The summed E-state index contributed by atoms with van der Waals surface area (Å²) in [7, 11) is 0. The molecule has 13 unspecified atom stereocenters. The van der Waals surface area contributed by atoms with Gasteiger partial charge in [0.2, 0.25) is 0 Å². The van der Waals surface area contributed by atoms with Gasteiger partial charge in [-0.25, -0.2) is 0 Å². The summed E-state index contributed by atoms with van der Waals surface area (Å²) in [4.78, 5) is 0. The van der Waals surface area contributed by atoms with Gasteiger partial charge in [-0.2, -0.15) is 0 Å². The van der Waals surface area contributed by atoms with Crippen molar-refractivity contribution in [2.45, 2.75) is 109 Å². The molecule has 0 aromatic heterocycles. The van der Waals surface area contributed by atoms with Crippen LogP contribution in [0.4, 0.5) is 0 Å². The molecule has 13 atom stereocenters. The maximum absolute atomic E-state index is 1.71. The van der Waals surface area contributed by atoms with Crippen LogP contribution < -0.4 is 0 Å². The fourth-order valence-electron chi connectivity index (χ4n) is 14.6. The van der Waals surface area contributed by atoms with Gasteiger partial charge in [0, 0.05) is 0 Å². The van der Waals surface area contributed by atoms with E-state index in [1.54, 1.807) is 109 Å². The Labute approximate surface area is 215 Å². The van der Waals surface area contributed by atoms with E-state index >= 15 is 0 Å². The van der Waals surface area contributed by atoms with Crippen molar-refractivity contribution in [3.63, 3.8) is 0 Å². The smallest absolute Gasteiger partial charge is 0.0312 e. The predicted molar refractivity (Wildman–Crippen MR) is 141 cm³/mol. The largest absolute Gasteiger partial charge is 0.0530 e. The van der Waals surface area contributed by atoms with Gasteiger partial charge in [0.1, 0.15) is 0 Å². The van der Waals surface area contributed by atoms with Gasteiger partial charge in [-0.05, 0) is 145 Å². The highest BCUT2D eigenvalue weighted by atomic mass is 14.9. The molecule has 0 radical (unpaired) electrons. The van der Waals surface area contributed by atoms with Gasteiger partial charge >= 0.3 is 0 Å². The van der Waals surface area contributed by atoms with Crippen LogP contribution in [0.15, 0.2) is 0 Å². The van der Waals surface area contributed by atoms with Crippen molar-refractivity contribution in [2.24, 2.45) is 107 Å². The van der Waals surface area contributed by atoms with Crippen LogP contribution in [-0.2, 0) is 0 Å². The minimum absolute atomic E-state index is 1.16. The molecule has 10 fully saturated rings. The highest BCUT2D eigenvalue weighted by Crippen LogP contribution is 2.87. The van der Waals surface area contributed by atoms with Crippen molar-refractivity contribution >= 4 is 0 Å². The predicted octanol–water partition coefficient (Wildman–Crippen LogP) is 8.85. The Morgan fingerprint density at radius 3 is 1.17 bits per heavy atom. The van der Waals surface area contributed by atoms with Gasteiger partial charge in [0.05, 0.1) is 0 Å². The first kappa shape index (κ1) is 20.9. The molecular weight excluding hydrogens is 420 g/mol. The molecule has 35 heavy (non-hydrogen) atoms. The first-order chi connectivity index (χ1) is 17.4. The van der Waals surface area contributed by atoms with Gasteiger partial charge in [-0.1, -0.05) is 70.6 Å². The second kappa shape index (κ2) is 7.34. The Kier molecular flexibility index (Phi) is 4.39. The lowest BCUT2D eigenvalue weighted by Crippen LogP contribution is -2.84. The van der Waals surface area contributed by atoms with Crippen molar-refractivity contribution in [3.8, 4) is 0 Å². The zero-order chi connectivity index (χ0) is 22.4. The molecule has 0 bridgehead atoms. The Hall–Kier alpha value is 0. The summed E-state index contributed by atoms with van der Waals surface area (Å²) in [6, 6.07) is 0. The molecule has 192 valence electrons. The Bertz CT molecular complexity index is 855. The Balaban J connectivity index is 0.876. The van der Waals surface area contributed by atoms with E-state index < -0.39 is 0 Å². The van der Waals surface area contributed by atoms with Crippen molar-refractivity contribution in [2.75, 3.05) is 0 Å². The molecule has 0 heteroatoms. The van der Waals surface area contributed by atoms with E-state index in [2.05, 4.69) is 0 Å². The summed E-state index contributed by atoms with van der Waals surface area (Å²) in [6.07, 6.45) is 27.6. The third-order valence-corrected chi connectivity index (χ3v) is 16.6. The first-order valence-electron chi connectivity index (χ1n) is 17.4. The van der Waals surface area contributed by atoms with Crippen LogP contribution in [0.2, 0.25) is 0 Å². The first-order valence-corrected chi connectivity index (χ1v) is 17.4. The normalized spacial score (nSPS) is 62.6. The average molecular weight is 473 g/mol. The molecule has 0 heterocycles. The maximum Gasteiger partial charge on any atom is -0.0312 e. The maximum atomic E-state index is 1.71. The van der Waals surface area contributed by atoms with Gasteiger partial charge in [0.25, 0.3) is 0 Å². The summed E-state index contributed by atoms with van der Waals surface area (Å²) >= 11 is 0. The molecule has 0 amide bonds. The van der Waals surface area contributed by atoms with Gasteiger partial charge in [-0.3, -0.25) is 0 Å². The Morgan fingerprint density at radius 2 is 0.686 bits per heavy atom. The zero-order valence-electron chi connectivity index (χ0n) is 22.4. The summed E-state index contributed by atoms with van der Waals surface area (Å²) in [5.74, 6) is 21.9. The van der Waals surface area contributed by atoms with Crippen molar-refractivity contribution < 1.29 is 0 Å². The fraction of sp³-hybridized carbons (Fsp3) is 1.00. The fourth-order valence-corrected chi connectivity index (χ4v) is 14.6. The molecule has 10 rings (SSSR count). The van der Waals surface area contributed by atoms with Crippen LogP contribution in [0, 0.1) is 107 Å². The number of hydrogen-bond donors (Lipinski definition) is 0. The van der Waals surface area contributed by atoms with E-state index in [1.165, 1.54) is 76.9 Å². The standard InChI is InChI=1S/C35H52/c1-2-13-24(27(19-8-4-9-19)23(12-1)18-6-3-7-18)21-16-22(17-21)29-28(20-10-5-11-20)32-33(29)35-31-26-15-14-25(26)30(31)34(32)35/h18-35H,1-17H2. The van der Waals surface area contributed by atoms with E-state index in [-0.39, 0.29) is 0 Å². The lowest BCUT2D eigenvalue weighted by atomic mass is 9.17. The molecule has 10 aliphatic rings. The van der Waals surface area contributed by atoms with Crippen LogP contribution in [0.3, 0.4) is 0 Å². The van der Waals surface area contributed by atoms with Crippen molar-refractivity contribution in [1.29, 1.82) is 0 Å². The van der Waals surface area contributed by atoms with E-state index in [9.17, 15) is 0 Å². The topological polar surface area (TPSA) is 0 Å². The molecule has 0 N–H and O–H groups in total. The van der Waals surface area contributed by atoms with Crippen LogP contribution >= 0.6 is 0 Å². The van der Waals surface area contributed by atoms with Crippen LogP contribution in [0.25, 0.3) is 0 Å². The minimum atomic E-state index is 1.16. The lowest BCUT2D eigenvalue weighted by molar-refractivity contribution is -0.408. The summed E-state index contributed by atoms with van der Waals surface area (Å²) < 4.78 is 0. The zero-order valence-corrected chi connectivity index (χ0v) is 22.4. The summed E-state index contributed by atoms with van der Waals surface area (Å²) in [5, 5.41) is 0. The molecule has 0 nitrogen and oxygen atoms in total. The van der Waals surface area contributed by atoms with Crippen molar-refractivity contribution in [1.82, 2.24) is 0 Å². The van der Waals surface area contributed by atoms with E-state index in [1.807, 2.05) is 0 Å². The van der Waals surface area contributed by atoms with E-state index in [0.717, 1.165) is 29.6 Å². The van der Waals surface area contributed by atoms with Crippen LogP contribution in [0.1, 0.15) is 109 Å². The number of rotatable bonds is 5. The second-order valence-corrected chi connectivity index (χ2v) is 16.8. The van der Waals surface area contributed by atoms with Gasteiger partial charge < -0.3 is 0 Å². The molecule has 0 aliphatic heterocycles. The van der Waals surface area contributed by atoms with E-state index in [4.69, 9.17) is 0 Å². The number of fused-ring (bicyclic) bond motifs is 10. The second-order valence-electron chi connectivity index (χ2n) is 16.8. The molecule has 10 aliphatic carbocycles. The monoisotopic (exact) mass is 472 g/mol. The van der Waals surface area contributed by atoms with Crippen LogP contribution in [0.5, 0.6) is 0 Å². The molecular formula is C35H52. The summed E-state index contributed by atoms with van der Waals surface area (Å²) in [5.41, 5.74) is 0. The number of hydrogen-bond acceptors (Lipinski definition) is 0. The highest BCUT2D eigenvalue weighted by molar-refractivity contribution is 5.30. The molecule has 0 spiro atoms. The third kappa shape index (κ3) is 2.50. The lowest BCUT2D eigenvalue weighted by Gasteiger charge is -2.88. The van der Waals surface area contributed by atoms with Gasteiger partial charge in [-0.15, -0.1) is 0 Å². The minimum Gasteiger partial charge on any atom is -0.0530 e. The summed E-state index contributed by atoms with van der Waals surface area (Å²) in [6.45, 7) is 0. The highest BCUT2D eigenvalue weighted by Gasteiger charge is 2.83. The molecule has 10 saturated carbocycles. The third-order valence-electron chi connectivity index (χ3n) is 16.6. The average Bonchev–Trinajstić information content (AvgIpc) is 2.87. The van der Waals surface area contributed by atoms with Gasteiger partial charge in [0.15, 0.2) is 0 Å². The van der Waals surface area contributed by atoms with E-state index in [0.29, 0.717) is 0 Å². The Morgan fingerprint density at radius 1 is 0.229 bits per heavy atom. The van der Waals surface area contributed by atoms with Crippen molar-refractivity contribution in [3.05, 3.63) is 0 Å². The molecule has 0 aromatic carbocycles. The van der Waals surface area contributed by atoms with Crippen LogP contribution in [-0.4, -0.2) is 0 Å². The molecule has 0 aromatic rings.